The van der Waals surface area contributed by atoms with E-state index >= 15 is 0 Å². The van der Waals surface area contributed by atoms with E-state index in [1.165, 1.54) is 0 Å². The summed E-state index contributed by atoms with van der Waals surface area (Å²) in [6.45, 7) is 7.21. The highest BCUT2D eigenvalue weighted by atomic mass is 35.5. The van der Waals surface area contributed by atoms with E-state index in [4.69, 9.17) is 20.7 Å². The van der Waals surface area contributed by atoms with Crippen LogP contribution in [-0.2, 0) is 4.65 Å². The van der Waals surface area contributed by atoms with Gasteiger partial charge in [0.05, 0.1) is 11.2 Å². The molecule has 3 rings (SSSR count). The lowest BCUT2D eigenvalue weighted by atomic mass is 9.82. The molecule has 1 heterocycles. The summed E-state index contributed by atoms with van der Waals surface area (Å²) >= 11 is 6.37. The van der Waals surface area contributed by atoms with Crippen LogP contribution in [0.1, 0.15) is 27.7 Å². The molecule has 0 amide bonds. The zero-order chi connectivity index (χ0) is 16.8. The van der Waals surface area contributed by atoms with Crippen LogP contribution >= 0.6 is 11.6 Å². The second-order valence-electron chi connectivity index (χ2n) is 6.90. The first kappa shape index (κ1) is 16.4. The molecule has 0 aliphatic heterocycles. The second-order valence-corrected chi connectivity index (χ2v) is 7.30. The SMILES string of the molecule is CC(C)(O)C(C)(C)OBc1cc2c(cc1Cl)oc1ccccc12. The molecule has 0 aliphatic carbocycles. The van der Waals surface area contributed by atoms with E-state index in [0.717, 1.165) is 27.4 Å². The minimum Gasteiger partial charge on any atom is -0.456 e. The van der Waals surface area contributed by atoms with E-state index in [2.05, 4.69) is 0 Å². The van der Waals surface area contributed by atoms with Crippen molar-refractivity contribution in [1.82, 2.24) is 0 Å². The molecule has 5 heteroatoms. The molecule has 23 heavy (non-hydrogen) atoms. The van der Waals surface area contributed by atoms with Gasteiger partial charge in [-0.2, -0.15) is 0 Å². The van der Waals surface area contributed by atoms with Gasteiger partial charge in [0.1, 0.15) is 11.2 Å². The number of benzene rings is 2. The number of rotatable bonds is 4. The van der Waals surface area contributed by atoms with Crippen molar-refractivity contribution in [3.05, 3.63) is 41.4 Å². The van der Waals surface area contributed by atoms with Gasteiger partial charge in [0, 0.05) is 15.8 Å². The van der Waals surface area contributed by atoms with Crippen LogP contribution in [0.15, 0.2) is 40.8 Å². The molecule has 0 radical (unpaired) electrons. The molecule has 0 atom stereocenters. The molecule has 0 saturated heterocycles. The lowest BCUT2D eigenvalue weighted by molar-refractivity contribution is -0.0893. The van der Waals surface area contributed by atoms with Crippen molar-refractivity contribution in [2.75, 3.05) is 0 Å². The molecule has 1 N–H and O–H groups in total. The number of para-hydroxylation sites is 1. The Morgan fingerprint density at radius 2 is 1.74 bits per heavy atom. The van der Waals surface area contributed by atoms with Crippen molar-refractivity contribution < 1.29 is 14.2 Å². The van der Waals surface area contributed by atoms with Crippen LogP contribution in [0.4, 0.5) is 0 Å². The standard InChI is InChI=1S/C18H20BClO3/c1-17(2,21)18(3,4)23-19-13-9-12-11-7-5-6-8-15(11)22-16(12)10-14(13)20/h5-10,19,21H,1-4H3. The van der Waals surface area contributed by atoms with Gasteiger partial charge in [0.15, 0.2) is 0 Å². The van der Waals surface area contributed by atoms with Crippen LogP contribution in [0.5, 0.6) is 0 Å². The molecule has 0 fully saturated rings. The summed E-state index contributed by atoms with van der Waals surface area (Å²) in [5.41, 5.74) is 0.841. The minimum absolute atomic E-state index is 0.325. The Morgan fingerprint density at radius 3 is 2.43 bits per heavy atom. The number of furan rings is 1. The lowest BCUT2D eigenvalue weighted by Gasteiger charge is -2.37. The zero-order valence-corrected chi connectivity index (χ0v) is 14.6. The van der Waals surface area contributed by atoms with E-state index in [9.17, 15) is 5.11 Å². The normalized spacial score (nSPS) is 13.0. The first-order chi connectivity index (χ1) is 10.7. The van der Waals surface area contributed by atoms with Crippen LogP contribution in [-0.4, -0.2) is 23.8 Å². The first-order valence-corrected chi connectivity index (χ1v) is 8.03. The van der Waals surface area contributed by atoms with Crippen molar-refractivity contribution in [1.29, 1.82) is 0 Å². The number of halogens is 1. The number of hydrogen-bond acceptors (Lipinski definition) is 3. The molecule has 0 bridgehead atoms. The van der Waals surface area contributed by atoms with Gasteiger partial charge in [-0.25, -0.2) is 0 Å². The highest BCUT2D eigenvalue weighted by Crippen LogP contribution is 2.30. The smallest absolute Gasteiger partial charge is 0.310 e. The maximum Gasteiger partial charge on any atom is 0.310 e. The summed E-state index contributed by atoms with van der Waals surface area (Å²) in [4.78, 5) is 0. The van der Waals surface area contributed by atoms with E-state index < -0.39 is 11.2 Å². The fourth-order valence-electron chi connectivity index (χ4n) is 2.34. The molecular formula is C18H20BClO3. The summed E-state index contributed by atoms with van der Waals surface area (Å²) < 4.78 is 11.8. The second kappa shape index (κ2) is 5.55. The summed E-state index contributed by atoms with van der Waals surface area (Å²) in [7, 11) is 0.325. The summed E-state index contributed by atoms with van der Waals surface area (Å²) in [5, 5.41) is 12.9. The lowest BCUT2D eigenvalue weighted by Crippen LogP contribution is -2.49. The molecule has 2 aromatic carbocycles. The van der Waals surface area contributed by atoms with E-state index in [1.54, 1.807) is 13.8 Å². The van der Waals surface area contributed by atoms with Crippen LogP contribution in [0, 0.1) is 0 Å². The number of fused-ring (bicyclic) bond motifs is 3. The zero-order valence-electron chi connectivity index (χ0n) is 13.8. The van der Waals surface area contributed by atoms with Crippen molar-refractivity contribution >= 4 is 46.5 Å². The quantitative estimate of drug-likeness (QED) is 0.740. The molecule has 0 saturated carbocycles. The Morgan fingerprint density at radius 1 is 1.04 bits per heavy atom. The molecular weight excluding hydrogens is 310 g/mol. The van der Waals surface area contributed by atoms with Gasteiger partial charge in [-0.15, -0.1) is 0 Å². The largest absolute Gasteiger partial charge is 0.456 e. The van der Waals surface area contributed by atoms with Crippen LogP contribution in [0.2, 0.25) is 5.02 Å². The van der Waals surface area contributed by atoms with Gasteiger partial charge in [-0.3, -0.25) is 0 Å². The minimum atomic E-state index is -0.952. The summed E-state index contributed by atoms with van der Waals surface area (Å²) in [6.07, 6.45) is 0. The highest BCUT2D eigenvalue weighted by Gasteiger charge is 2.35. The average molecular weight is 331 g/mol. The molecule has 0 unspecified atom stereocenters. The third kappa shape index (κ3) is 2.99. The maximum atomic E-state index is 10.2. The monoisotopic (exact) mass is 330 g/mol. The van der Waals surface area contributed by atoms with Gasteiger partial charge in [-0.05, 0) is 45.3 Å². The third-order valence-corrected chi connectivity index (χ3v) is 4.96. The molecule has 0 spiro atoms. The van der Waals surface area contributed by atoms with Gasteiger partial charge in [-0.1, -0.05) is 35.9 Å². The van der Waals surface area contributed by atoms with E-state index in [0.29, 0.717) is 12.5 Å². The highest BCUT2D eigenvalue weighted by molar-refractivity contribution is 6.54. The van der Waals surface area contributed by atoms with Crippen LogP contribution in [0.25, 0.3) is 21.9 Å². The fourth-order valence-corrected chi connectivity index (χ4v) is 2.54. The van der Waals surface area contributed by atoms with Crippen molar-refractivity contribution in [3.63, 3.8) is 0 Å². The van der Waals surface area contributed by atoms with E-state index in [1.807, 2.05) is 50.2 Å². The number of aliphatic hydroxyl groups is 1. The van der Waals surface area contributed by atoms with E-state index in [-0.39, 0.29) is 0 Å². The first-order valence-electron chi connectivity index (χ1n) is 7.65. The van der Waals surface area contributed by atoms with Crippen molar-refractivity contribution in [2.24, 2.45) is 0 Å². The maximum absolute atomic E-state index is 10.2. The fraction of sp³-hybridized carbons (Fsp3) is 0.333. The van der Waals surface area contributed by atoms with Crippen LogP contribution < -0.4 is 5.46 Å². The Hall–Kier alpha value is -1.49. The van der Waals surface area contributed by atoms with Gasteiger partial charge in [0.25, 0.3) is 0 Å². The van der Waals surface area contributed by atoms with Gasteiger partial charge in [0.2, 0.25) is 0 Å². The Balaban J connectivity index is 1.98. The topological polar surface area (TPSA) is 42.6 Å². The molecule has 1 aromatic heterocycles. The predicted octanol–water partition coefficient (Wildman–Crippen LogP) is 3.78. The Labute approximate surface area is 141 Å². The molecule has 3 nitrogen and oxygen atoms in total. The average Bonchev–Trinajstić information content (AvgIpc) is 2.81. The molecule has 3 aromatic rings. The Kier molecular flexibility index (Phi) is 3.95. The van der Waals surface area contributed by atoms with Crippen molar-refractivity contribution in [2.45, 2.75) is 38.9 Å². The third-order valence-electron chi connectivity index (χ3n) is 4.61. The molecule has 0 aliphatic rings. The molecule has 120 valence electrons. The summed E-state index contributed by atoms with van der Waals surface area (Å²) in [5.74, 6) is 0. The van der Waals surface area contributed by atoms with Gasteiger partial charge < -0.3 is 14.2 Å². The predicted molar refractivity (Wildman–Crippen MR) is 97.0 cm³/mol. The van der Waals surface area contributed by atoms with Gasteiger partial charge >= 0.3 is 7.48 Å². The van der Waals surface area contributed by atoms with Crippen molar-refractivity contribution in [3.8, 4) is 0 Å². The summed E-state index contributed by atoms with van der Waals surface area (Å²) in [6, 6.07) is 11.7. The Bertz CT molecular complexity index is 862. The van der Waals surface area contributed by atoms with Crippen LogP contribution in [0.3, 0.4) is 0 Å². The number of hydrogen-bond donors (Lipinski definition) is 1.